The Bertz CT molecular complexity index is 326. The molecule has 1 aliphatic rings. The summed E-state index contributed by atoms with van der Waals surface area (Å²) in [6.45, 7) is 3.39. The average Bonchev–Trinajstić information content (AvgIpc) is 2.18. The van der Waals surface area contributed by atoms with E-state index in [1.54, 1.807) is 0 Å². The van der Waals surface area contributed by atoms with Crippen molar-refractivity contribution >= 4 is 0 Å². The summed E-state index contributed by atoms with van der Waals surface area (Å²) in [4.78, 5) is 0. The molecule has 0 amide bonds. The van der Waals surface area contributed by atoms with Gasteiger partial charge in [-0.25, -0.2) is 0 Å². The maximum absolute atomic E-state index is 3.35. The van der Waals surface area contributed by atoms with Crippen LogP contribution in [0.1, 0.15) is 30.4 Å². The molecule has 1 saturated carbocycles. The van der Waals surface area contributed by atoms with Crippen molar-refractivity contribution in [2.75, 3.05) is 13.6 Å². The summed E-state index contributed by atoms with van der Waals surface area (Å²) < 4.78 is 0. The highest BCUT2D eigenvalue weighted by atomic mass is 14.8. The summed E-state index contributed by atoms with van der Waals surface area (Å²) in [6, 6.07) is 8.80. The van der Waals surface area contributed by atoms with Crippen LogP contribution in [0.25, 0.3) is 0 Å². The Hall–Kier alpha value is -0.820. The third-order valence-electron chi connectivity index (χ3n) is 3.79. The molecule has 1 aromatic rings. The second kappa shape index (κ2) is 4.36. The highest BCUT2D eigenvalue weighted by Gasteiger charge is 2.36. The van der Waals surface area contributed by atoms with Crippen molar-refractivity contribution in [3.63, 3.8) is 0 Å². The van der Waals surface area contributed by atoms with Gasteiger partial charge in [0, 0.05) is 6.54 Å². The number of benzene rings is 1. The standard InChI is InChI=1S/C14H21N/c1-12-6-3-4-7-13(12)10-14(11-15-2)8-5-9-14/h3-4,6-7,15H,5,8-11H2,1-2H3. The van der Waals surface area contributed by atoms with Crippen molar-refractivity contribution in [1.82, 2.24) is 5.32 Å². The number of rotatable bonds is 4. The van der Waals surface area contributed by atoms with Crippen LogP contribution in [0.5, 0.6) is 0 Å². The van der Waals surface area contributed by atoms with Crippen molar-refractivity contribution in [1.29, 1.82) is 0 Å². The second-order valence-corrected chi connectivity index (χ2v) is 4.99. The van der Waals surface area contributed by atoms with Crippen LogP contribution in [0.2, 0.25) is 0 Å². The fourth-order valence-electron chi connectivity index (χ4n) is 2.68. The maximum Gasteiger partial charge on any atom is 0.000799 e. The van der Waals surface area contributed by atoms with Gasteiger partial charge in [-0.3, -0.25) is 0 Å². The molecule has 0 atom stereocenters. The lowest BCUT2D eigenvalue weighted by atomic mass is 9.65. The van der Waals surface area contributed by atoms with E-state index in [2.05, 4.69) is 43.6 Å². The minimum Gasteiger partial charge on any atom is -0.319 e. The van der Waals surface area contributed by atoms with Gasteiger partial charge in [0.15, 0.2) is 0 Å². The van der Waals surface area contributed by atoms with E-state index in [0.717, 1.165) is 0 Å². The Morgan fingerprint density at radius 1 is 1.27 bits per heavy atom. The molecule has 2 rings (SSSR count). The highest BCUT2D eigenvalue weighted by Crippen LogP contribution is 2.43. The smallest absolute Gasteiger partial charge is 0.000799 e. The number of nitrogens with one attached hydrogen (secondary N) is 1. The first-order chi connectivity index (χ1) is 7.26. The van der Waals surface area contributed by atoms with Crippen LogP contribution < -0.4 is 5.32 Å². The van der Waals surface area contributed by atoms with Crippen LogP contribution in [0.4, 0.5) is 0 Å². The van der Waals surface area contributed by atoms with Gasteiger partial charge in [-0.2, -0.15) is 0 Å². The summed E-state index contributed by atoms with van der Waals surface area (Å²) in [5.41, 5.74) is 3.54. The minimum atomic E-state index is 0.556. The zero-order chi connectivity index (χ0) is 10.7. The molecule has 0 radical (unpaired) electrons. The lowest BCUT2D eigenvalue weighted by Gasteiger charge is -2.42. The van der Waals surface area contributed by atoms with Crippen molar-refractivity contribution < 1.29 is 0 Å². The van der Waals surface area contributed by atoms with Crippen LogP contribution in [-0.2, 0) is 6.42 Å². The van der Waals surface area contributed by atoms with Crippen molar-refractivity contribution in [2.24, 2.45) is 5.41 Å². The van der Waals surface area contributed by atoms with Crippen LogP contribution in [0.3, 0.4) is 0 Å². The molecule has 82 valence electrons. The van der Waals surface area contributed by atoms with Crippen molar-refractivity contribution in [3.8, 4) is 0 Å². The third-order valence-corrected chi connectivity index (χ3v) is 3.79. The molecule has 1 heteroatoms. The van der Waals surface area contributed by atoms with E-state index in [0.29, 0.717) is 5.41 Å². The number of hydrogen-bond donors (Lipinski definition) is 1. The van der Waals surface area contributed by atoms with Crippen LogP contribution in [0.15, 0.2) is 24.3 Å². The molecule has 1 fully saturated rings. The van der Waals surface area contributed by atoms with Crippen LogP contribution in [0, 0.1) is 12.3 Å². The van der Waals surface area contributed by atoms with Gasteiger partial charge in [-0.15, -0.1) is 0 Å². The summed E-state index contributed by atoms with van der Waals surface area (Å²) in [5.74, 6) is 0. The minimum absolute atomic E-state index is 0.556. The molecule has 0 unspecified atom stereocenters. The van der Waals surface area contributed by atoms with E-state index >= 15 is 0 Å². The van der Waals surface area contributed by atoms with Crippen LogP contribution >= 0.6 is 0 Å². The van der Waals surface area contributed by atoms with Crippen molar-refractivity contribution in [2.45, 2.75) is 32.6 Å². The molecular weight excluding hydrogens is 182 g/mol. The van der Waals surface area contributed by atoms with Gasteiger partial charge in [0.05, 0.1) is 0 Å². The molecule has 1 aliphatic carbocycles. The van der Waals surface area contributed by atoms with E-state index in [-0.39, 0.29) is 0 Å². The van der Waals surface area contributed by atoms with Crippen molar-refractivity contribution in [3.05, 3.63) is 35.4 Å². The fraction of sp³-hybridized carbons (Fsp3) is 0.571. The van der Waals surface area contributed by atoms with E-state index in [1.807, 2.05) is 0 Å². The Morgan fingerprint density at radius 2 is 2.00 bits per heavy atom. The molecule has 15 heavy (non-hydrogen) atoms. The Labute approximate surface area is 92.9 Å². The molecule has 0 bridgehead atoms. The Balaban J connectivity index is 2.10. The van der Waals surface area contributed by atoms with E-state index < -0.39 is 0 Å². The Morgan fingerprint density at radius 3 is 2.53 bits per heavy atom. The van der Waals surface area contributed by atoms with E-state index in [9.17, 15) is 0 Å². The first kappa shape index (κ1) is 10.7. The second-order valence-electron chi connectivity index (χ2n) is 4.99. The van der Waals surface area contributed by atoms with Gasteiger partial charge < -0.3 is 5.32 Å². The molecular formula is C14H21N. The fourth-order valence-corrected chi connectivity index (χ4v) is 2.68. The lowest BCUT2D eigenvalue weighted by Crippen LogP contribution is -2.40. The lowest BCUT2D eigenvalue weighted by molar-refractivity contribution is 0.133. The van der Waals surface area contributed by atoms with Gasteiger partial charge >= 0.3 is 0 Å². The third kappa shape index (κ3) is 2.23. The van der Waals surface area contributed by atoms with Gasteiger partial charge in [0.1, 0.15) is 0 Å². The molecule has 0 saturated heterocycles. The zero-order valence-corrected chi connectivity index (χ0v) is 9.84. The summed E-state index contributed by atoms with van der Waals surface area (Å²) >= 11 is 0. The van der Waals surface area contributed by atoms with Gasteiger partial charge in [0.2, 0.25) is 0 Å². The van der Waals surface area contributed by atoms with Gasteiger partial charge in [-0.1, -0.05) is 30.7 Å². The monoisotopic (exact) mass is 203 g/mol. The molecule has 0 heterocycles. The first-order valence-electron chi connectivity index (χ1n) is 5.95. The molecule has 1 aromatic carbocycles. The summed E-state index contributed by atoms with van der Waals surface area (Å²) in [7, 11) is 2.07. The number of hydrogen-bond acceptors (Lipinski definition) is 1. The maximum atomic E-state index is 3.35. The quantitative estimate of drug-likeness (QED) is 0.793. The zero-order valence-electron chi connectivity index (χ0n) is 9.84. The SMILES string of the molecule is CNCC1(Cc2ccccc2C)CCC1. The number of aryl methyl sites for hydroxylation is 1. The molecule has 0 aromatic heterocycles. The predicted octanol–water partition coefficient (Wildman–Crippen LogP) is 2.93. The van der Waals surface area contributed by atoms with E-state index in [1.165, 1.54) is 43.4 Å². The molecule has 1 nitrogen and oxygen atoms in total. The highest BCUT2D eigenvalue weighted by molar-refractivity contribution is 5.27. The largest absolute Gasteiger partial charge is 0.319 e. The average molecular weight is 203 g/mol. The molecule has 0 aliphatic heterocycles. The van der Waals surface area contributed by atoms with Gasteiger partial charge in [0.25, 0.3) is 0 Å². The van der Waals surface area contributed by atoms with Gasteiger partial charge in [-0.05, 0) is 49.8 Å². The summed E-state index contributed by atoms with van der Waals surface area (Å²) in [6.07, 6.45) is 5.44. The molecule has 0 spiro atoms. The normalized spacial score (nSPS) is 18.5. The van der Waals surface area contributed by atoms with Crippen LogP contribution in [-0.4, -0.2) is 13.6 Å². The Kier molecular flexibility index (Phi) is 3.11. The predicted molar refractivity (Wildman–Crippen MR) is 65.1 cm³/mol. The topological polar surface area (TPSA) is 12.0 Å². The van der Waals surface area contributed by atoms with E-state index in [4.69, 9.17) is 0 Å². The summed E-state index contributed by atoms with van der Waals surface area (Å²) in [5, 5.41) is 3.35. The first-order valence-corrected chi connectivity index (χ1v) is 5.95. The molecule has 1 N–H and O–H groups in total.